The highest BCUT2D eigenvalue weighted by atomic mass is 35.5. The molecule has 3 heterocycles. The number of anilines is 1. The minimum absolute atomic E-state index is 0.263. The first kappa shape index (κ1) is 19.9. The first-order valence-electron chi connectivity index (χ1n) is 10.0. The maximum Gasteiger partial charge on any atom is 0.256 e. The Labute approximate surface area is 189 Å². The van der Waals surface area contributed by atoms with Gasteiger partial charge in [-0.05, 0) is 61.5 Å². The summed E-state index contributed by atoms with van der Waals surface area (Å²) >= 11 is 5.92. The molecule has 156 valence electrons. The Morgan fingerprint density at radius 1 is 0.938 bits per heavy atom. The van der Waals surface area contributed by atoms with Crippen molar-refractivity contribution < 1.29 is 4.79 Å². The van der Waals surface area contributed by atoms with Gasteiger partial charge in [0.15, 0.2) is 5.65 Å². The first-order valence-corrected chi connectivity index (χ1v) is 10.4. The number of nitrogens with one attached hydrogen (secondary N) is 1. The van der Waals surface area contributed by atoms with Gasteiger partial charge in [0.2, 0.25) is 0 Å². The molecule has 0 aliphatic heterocycles. The monoisotopic (exact) mass is 439 g/mol. The number of carbonyl (C=O) groups excluding carboxylic acids is 1. The van der Waals surface area contributed by atoms with Crippen LogP contribution in [0.1, 0.15) is 15.9 Å². The molecule has 7 heteroatoms. The average Bonchev–Trinajstić information content (AvgIpc) is 3.19. The average molecular weight is 440 g/mol. The van der Waals surface area contributed by atoms with Crippen molar-refractivity contribution in [3.63, 3.8) is 0 Å². The summed E-state index contributed by atoms with van der Waals surface area (Å²) in [5, 5.41) is 7.93. The van der Waals surface area contributed by atoms with Crippen LogP contribution in [0.3, 0.4) is 0 Å². The molecular weight excluding hydrogens is 422 g/mol. The molecule has 3 aromatic heterocycles. The third-order valence-corrected chi connectivity index (χ3v) is 5.32. The second-order valence-electron chi connectivity index (χ2n) is 7.36. The summed E-state index contributed by atoms with van der Waals surface area (Å²) in [5.41, 5.74) is 5.86. The second-order valence-corrected chi connectivity index (χ2v) is 7.80. The Morgan fingerprint density at radius 2 is 1.78 bits per heavy atom. The summed E-state index contributed by atoms with van der Waals surface area (Å²) in [6, 6.07) is 22.4. The van der Waals surface area contributed by atoms with Gasteiger partial charge in [-0.2, -0.15) is 5.10 Å². The lowest BCUT2D eigenvalue weighted by molar-refractivity contribution is 0.102. The third-order valence-electron chi connectivity index (χ3n) is 5.07. The number of nitrogens with zero attached hydrogens (tertiary/aromatic N) is 4. The van der Waals surface area contributed by atoms with Crippen molar-refractivity contribution in [2.24, 2.45) is 0 Å². The molecule has 0 spiro atoms. The molecule has 0 saturated carbocycles. The van der Waals surface area contributed by atoms with Crippen LogP contribution in [-0.4, -0.2) is 25.5 Å². The number of benzene rings is 2. The van der Waals surface area contributed by atoms with E-state index in [1.54, 1.807) is 41.2 Å². The van der Waals surface area contributed by atoms with Crippen LogP contribution < -0.4 is 5.32 Å². The topological polar surface area (TPSA) is 72.2 Å². The fraction of sp³-hybridized carbons (Fsp3) is 0.0400. The van der Waals surface area contributed by atoms with Gasteiger partial charge in [0, 0.05) is 34.1 Å². The maximum atomic E-state index is 12.6. The quantitative estimate of drug-likeness (QED) is 0.391. The largest absolute Gasteiger partial charge is 0.307 e. The van der Waals surface area contributed by atoms with Crippen LogP contribution in [0.4, 0.5) is 5.82 Å². The third kappa shape index (κ3) is 3.84. The van der Waals surface area contributed by atoms with Crippen molar-refractivity contribution in [3.8, 4) is 22.5 Å². The van der Waals surface area contributed by atoms with Gasteiger partial charge >= 0.3 is 0 Å². The van der Waals surface area contributed by atoms with Gasteiger partial charge in [0.1, 0.15) is 11.5 Å². The first-order chi connectivity index (χ1) is 15.6. The summed E-state index contributed by atoms with van der Waals surface area (Å²) in [5.74, 6) is 0.171. The van der Waals surface area contributed by atoms with E-state index in [-0.39, 0.29) is 5.91 Å². The molecule has 1 N–H and O–H groups in total. The normalized spacial score (nSPS) is 10.9. The molecule has 0 radical (unpaired) electrons. The summed E-state index contributed by atoms with van der Waals surface area (Å²) in [6.07, 6.45) is 3.39. The van der Waals surface area contributed by atoms with E-state index in [4.69, 9.17) is 16.6 Å². The molecular formula is C25H18ClN5O. The molecule has 0 fully saturated rings. The summed E-state index contributed by atoms with van der Waals surface area (Å²) in [4.78, 5) is 21.8. The summed E-state index contributed by atoms with van der Waals surface area (Å²) in [6.45, 7) is 2.05. The fourth-order valence-corrected chi connectivity index (χ4v) is 3.70. The van der Waals surface area contributed by atoms with Gasteiger partial charge in [-0.1, -0.05) is 35.4 Å². The lowest BCUT2D eigenvalue weighted by Gasteiger charge is -2.09. The minimum atomic E-state index is -0.263. The Bertz CT molecular complexity index is 1440. The highest BCUT2D eigenvalue weighted by molar-refractivity contribution is 6.30. The number of aryl methyl sites for hydroxylation is 1. The number of aromatic nitrogens is 4. The fourth-order valence-electron chi connectivity index (χ4n) is 3.58. The number of carbonyl (C=O) groups is 1. The SMILES string of the molecule is Cc1cccc(-c2nc3cccnn3c2-c2ccnc(NC(=O)c3ccc(Cl)cc3)c2)c1. The van der Waals surface area contributed by atoms with Crippen molar-refractivity contribution in [1.82, 2.24) is 19.6 Å². The number of imidazole rings is 1. The Hall–Kier alpha value is -4.03. The van der Waals surface area contributed by atoms with E-state index in [9.17, 15) is 4.79 Å². The molecule has 0 unspecified atom stereocenters. The zero-order valence-electron chi connectivity index (χ0n) is 17.2. The van der Waals surface area contributed by atoms with Crippen LogP contribution in [0.25, 0.3) is 28.2 Å². The van der Waals surface area contributed by atoms with Gasteiger partial charge in [-0.25, -0.2) is 14.5 Å². The van der Waals surface area contributed by atoms with E-state index < -0.39 is 0 Å². The lowest BCUT2D eigenvalue weighted by atomic mass is 10.0. The number of amides is 1. The van der Waals surface area contributed by atoms with E-state index in [2.05, 4.69) is 21.5 Å². The van der Waals surface area contributed by atoms with Crippen molar-refractivity contribution in [3.05, 3.63) is 101 Å². The van der Waals surface area contributed by atoms with Crippen LogP contribution in [0.2, 0.25) is 5.02 Å². The van der Waals surface area contributed by atoms with Crippen LogP contribution in [0.15, 0.2) is 85.2 Å². The summed E-state index contributed by atoms with van der Waals surface area (Å²) in [7, 11) is 0. The standard InChI is InChI=1S/C25H18ClN5O/c1-16-4-2-5-18(14-16)23-24(31-22(30-23)6-3-12-28-31)19-11-13-27-21(15-19)29-25(32)17-7-9-20(26)10-8-17/h2-15H,1H3,(H,27,29,32). The van der Waals surface area contributed by atoms with Crippen LogP contribution >= 0.6 is 11.6 Å². The molecule has 6 nitrogen and oxygen atoms in total. The molecule has 0 saturated heterocycles. The maximum absolute atomic E-state index is 12.6. The lowest BCUT2D eigenvalue weighted by Crippen LogP contribution is -2.12. The van der Waals surface area contributed by atoms with Crippen molar-refractivity contribution in [2.75, 3.05) is 5.32 Å². The highest BCUT2D eigenvalue weighted by Gasteiger charge is 2.18. The number of hydrogen-bond acceptors (Lipinski definition) is 4. The van der Waals surface area contributed by atoms with E-state index in [0.29, 0.717) is 16.4 Å². The van der Waals surface area contributed by atoms with Gasteiger partial charge in [-0.3, -0.25) is 4.79 Å². The van der Waals surface area contributed by atoms with Gasteiger partial charge in [0.05, 0.1) is 5.69 Å². The number of hydrogen-bond donors (Lipinski definition) is 1. The molecule has 0 atom stereocenters. The molecule has 1 amide bonds. The van der Waals surface area contributed by atoms with Gasteiger partial charge in [0.25, 0.3) is 5.91 Å². The van der Waals surface area contributed by atoms with E-state index in [1.807, 2.05) is 49.4 Å². The zero-order valence-corrected chi connectivity index (χ0v) is 17.9. The Morgan fingerprint density at radius 3 is 2.59 bits per heavy atom. The van der Waals surface area contributed by atoms with E-state index in [0.717, 1.165) is 33.7 Å². The zero-order chi connectivity index (χ0) is 22.1. The number of pyridine rings is 1. The minimum Gasteiger partial charge on any atom is -0.307 e. The summed E-state index contributed by atoms with van der Waals surface area (Å²) < 4.78 is 1.80. The highest BCUT2D eigenvalue weighted by Crippen LogP contribution is 2.33. The predicted octanol–water partition coefficient (Wildman–Crippen LogP) is 5.67. The number of rotatable bonds is 4. The van der Waals surface area contributed by atoms with Crippen molar-refractivity contribution in [1.29, 1.82) is 0 Å². The van der Waals surface area contributed by atoms with E-state index >= 15 is 0 Å². The van der Waals surface area contributed by atoms with E-state index in [1.165, 1.54) is 0 Å². The molecule has 32 heavy (non-hydrogen) atoms. The predicted molar refractivity (Wildman–Crippen MR) is 126 cm³/mol. The van der Waals surface area contributed by atoms with Crippen LogP contribution in [0.5, 0.6) is 0 Å². The Balaban J connectivity index is 1.58. The van der Waals surface area contributed by atoms with Gasteiger partial charge in [-0.15, -0.1) is 0 Å². The number of halogens is 1. The Kier molecular flexibility index (Phi) is 5.13. The van der Waals surface area contributed by atoms with Crippen molar-refractivity contribution >= 4 is 29.0 Å². The molecule has 0 aliphatic carbocycles. The second kappa shape index (κ2) is 8.24. The molecule has 0 aliphatic rings. The van der Waals surface area contributed by atoms with Gasteiger partial charge < -0.3 is 5.32 Å². The van der Waals surface area contributed by atoms with Crippen LogP contribution in [0, 0.1) is 6.92 Å². The number of fused-ring (bicyclic) bond motifs is 1. The molecule has 5 aromatic rings. The smallest absolute Gasteiger partial charge is 0.256 e. The van der Waals surface area contributed by atoms with Crippen LogP contribution in [-0.2, 0) is 0 Å². The van der Waals surface area contributed by atoms with Crippen molar-refractivity contribution in [2.45, 2.75) is 6.92 Å². The molecule has 5 rings (SSSR count). The molecule has 2 aromatic carbocycles. The molecule has 0 bridgehead atoms.